The summed E-state index contributed by atoms with van der Waals surface area (Å²) in [5, 5.41) is 12.4. The molecule has 1 amide bonds. The predicted molar refractivity (Wildman–Crippen MR) is 69.5 cm³/mol. The lowest BCUT2D eigenvalue weighted by Crippen LogP contribution is -2.39. The molecule has 1 aliphatic carbocycles. The van der Waals surface area contributed by atoms with Gasteiger partial charge >= 0.3 is 5.97 Å². The molecule has 20 heavy (non-hydrogen) atoms. The Labute approximate surface area is 116 Å². The third kappa shape index (κ3) is 2.30. The van der Waals surface area contributed by atoms with Crippen molar-refractivity contribution in [2.45, 2.75) is 44.6 Å². The number of carboxylic acids is 1. The largest absolute Gasteiger partial charge is 0.475 e. The normalized spacial score (nSPS) is 23.4. The van der Waals surface area contributed by atoms with Gasteiger partial charge in [0.25, 0.3) is 5.91 Å². The van der Waals surface area contributed by atoms with Gasteiger partial charge in [0.15, 0.2) is 5.69 Å². The van der Waals surface area contributed by atoms with Crippen molar-refractivity contribution in [2.75, 3.05) is 6.54 Å². The molecule has 0 radical (unpaired) electrons. The van der Waals surface area contributed by atoms with Crippen LogP contribution < -0.4 is 0 Å². The molecule has 2 aliphatic rings. The van der Waals surface area contributed by atoms with Crippen LogP contribution in [0.4, 0.5) is 0 Å². The Kier molecular flexibility index (Phi) is 3.46. The lowest BCUT2D eigenvalue weighted by atomic mass is 9.96. The fourth-order valence-corrected chi connectivity index (χ4v) is 3.50. The second-order valence-corrected chi connectivity index (χ2v) is 5.63. The number of aromatic carboxylic acids is 1. The molecule has 1 N–H and O–H groups in total. The predicted octanol–water partition coefficient (Wildman–Crippen LogP) is 2.17. The average Bonchev–Trinajstić information content (AvgIpc) is 3.17. The van der Waals surface area contributed by atoms with E-state index in [0.29, 0.717) is 5.92 Å². The van der Waals surface area contributed by atoms with Crippen molar-refractivity contribution in [2.24, 2.45) is 5.92 Å². The summed E-state index contributed by atoms with van der Waals surface area (Å²) < 4.78 is 4.67. The molecule has 0 aromatic carbocycles. The van der Waals surface area contributed by atoms with Gasteiger partial charge < -0.3 is 14.5 Å². The lowest BCUT2D eigenvalue weighted by Gasteiger charge is -2.28. The molecule has 1 saturated heterocycles. The topological polar surface area (TPSA) is 83.6 Å². The highest BCUT2D eigenvalue weighted by Gasteiger charge is 2.37. The van der Waals surface area contributed by atoms with Crippen molar-refractivity contribution in [1.29, 1.82) is 0 Å². The summed E-state index contributed by atoms with van der Waals surface area (Å²) in [7, 11) is 0. The molecule has 1 saturated carbocycles. The number of carbonyl (C=O) groups excluding carboxylic acids is 1. The Bertz CT molecular complexity index is 519. The zero-order chi connectivity index (χ0) is 14.1. The number of nitrogens with zero attached hydrogens (tertiary/aromatic N) is 2. The van der Waals surface area contributed by atoms with E-state index in [1.165, 1.54) is 31.7 Å². The van der Waals surface area contributed by atoms with Gasteiger partial charge in [-0.15, -0.1) is 0 Å². The average molecular weight is 278 g/mol. The number of rotatable bonds is 3. The molecule has 3 rings (SSSR count). The molecule has 2 fully saturated rings. The van der Waals surface area contributed by atoms with Crippen LogP contribution >= 0.6 is 0 Å². The summed E-state index contributed by atoms with van der Waals surface area (Å²) in [6, 6.07) is 1.50. The maximum absolute atomic E-state index is 12.5. The SMILES string of the molecule is O=C(O)c1cc(C(=O)N2CCCC2C2CCCC2)no1. The van der Waals surface area contributed by atoms with Crippen molar-refractivity contribution < 1.29 is 19.2 Å². The van der Waals surface area contributed by atoms with Crippen molar-refractivity contribution in [3.05, 3.63) is 17.5 Å². The summed E-state index contributed by atoms with van der Waals surface area (Å²) in [5.41, 5.74) is 0.104. The molecule has 1 aromatic heterocycles. The van der Waals surface area contributed by atoms with Gasteiger partial charge in [0, 0.05) is 18.7 Å². The molecule has 6 nitrogen and oxygen atoms in total. The van der Waals surface area contributed by atoms with E-state index in [-0.39, 0.29) is 23.4 Å². The maximum Gasteiger partial charge on any atom is 0.374 e. The molecule has 0 bridgehead atoms. The molecule has 108 valence electrons. The Morgan fingerprint density at radius 1 is 1.25 bits per heavy atom. The number of amides is 1. The van der Waals surface area contributed by atoms with E-state index in [1.807, 2.05) is 4.90 Å². The van der Waals surface area contributed by atoms with Gasteiger partial charge in [-0.3, -0.25) is 4.79 Å². The zero-order valence-electron chi connectivity index (χ0n) is 11.2. The van der Waals surface area contributed by atoms with Gasteiger partial charge in [-0.1, -0.05) is 18.0 Å². The van der Waals surface area contributed by atoms with E-state index in [1.54, 1.807) is 0 Å². The smallest absolute Gasteiger partial charge is 0.374 e. The van der Waals surface area contributed by atoms with Crippen LogP contribution in [0.25, 0.3) is 0 Å². The Morgan fingerprint density at radius 2 is 2.00 bits per heavy atom. The second-order valence-electron chi connectivity index (χ2n) is 5.63. The number of aromatic nitrogens is 1. The highest BCUT2D eigenvalue weighted by Crippen LogP contribution is 2.35. The first-order valence-corrected chi connectivity index (χ1v) is 7.18. The summed E-state index contributed by atoms with van der Waals surface area (Å²) in [6.45, 7) is 0.731. The van der Waals surface area contributed by atoms with Crippen molar-refractivity contribution >= 4 is 11.9 Å². The van der Waals surface area contributed by atoms with Crippen LogP contribution in [0.1, 0.15) is 59.6 Å². The van der Waals surface area contributed by atoms with E-state index in [9.17, 15) is 9.59 Å². The van der Waals surface area contributed by atoms with Gasteiger partial charge in [-0.25, -0.2) is 4.79 Å². The minimum atomic E-state index is -1.20. The summed E-state index contributed by atoms with van der Waals surface area (Å²) in [4.78, 5) is 25.1. The molecule has 1 atom stereocenters. The molecule has 1 unspecified atom stereocenters. The molecule has 1 aromatic rings. The number of carbonyl (C=O) groups is 2. The molecule has 0 spiro atoms. The van der Waals surface area contributed by atoms with Crippen LogP contribution in [0, 0.1) is 5.92 Å². The quantitative estimate of drug-likeness (QED) is 0.916. The van der Waals surface area contributed by atoms with Crippen LogP contribution in [0.15, 0.2) is 10.6 Å². The van der Waals surface area contributed by atoms with Crippen molar-refractivity contribution in [3.8, 4) is 0 Å². The Hall–Kier alpha value is -1.85. The monoisotopic (exact) mass is 278 g/mol. The minimum Gasteiger partial charge on any atom is -0.475 e. The third-order valence-corrected chi connectivity index (χ3v) is 4.44. The Morgan fingerprint density at radius 3 is 2.65 bits per heavy atom. The van der Waals surface area contributed by atoms with E-state index in [4.69, 9.17) is 5.11 Å². The van der Waals surface area contributed by atoms with E-state index >= 15 is 0 Å². The number of carboxylic acid groups (broad SMARTS) is 1. The van der Waals surface area contributed by atoms with Gasteiger partial charge in [0.1, 0.15) is 0 Å². The van der Waals surface area contributed by atoms with E-state index in [2.05, 4.69) is 9.68 Å². The van der Waals surface area contributed by atoms with Gasteiger partial charge in [-0.05, 0) is 31.6 Å². The fraction of sp³-hybridized carbons (Fsp3) is 0.643. The first kappa shape index (κ1) is 13.1. The first-order chi connectivity index (χ1) is 9.66. The molecule has 1 aliphatic heterocycles. The summed E-state index contributed by atoms with van der Waals surface area (Å²) >= 11 is 0. The van der Waals surface area contributed by atoms with Crippen LogP contribution in [-0.2, 0) is 0 Å². The first-order valence-electron chi connectivity index (χ1n) is 7.18. The van der Waals surface area contributed by atoms with Crippen LogP contribution in [0.5, 0.6) is 0 Å². The van der Waals surface area contributed by atoms with E-state index < -0.39 is 5.97 Å². The molecular formula is C14H18N2O4. The second kappa shape index (κ2) is 5.26. The highest BCUT2D eigenvalue weighted by molar-refractivity contribution is 5.95. The van der Waals surface area contributed by atoms with Gasteiger partial charge in [0.2, 0.25) is 5.76 Å². The highest BCUT2D eigenvalue weighted by atomic mass is 16.5. The van der Waals surface area contributed by atoms with Gasteiger partial charge in [0.05, 0.1) is 0 Å². The van der Waals surface area contributed by atoms with Crippen LogP contribution in [-0.4, -0.2) is 39.6 Å². The number of hydrogen-bond donors (Lipinski definition) is 1. The molecule has 2 heterocycles. The third-order valence-electron chi connectivity index (χ3n) is 4.44. The molecule has 6 heteroatoms. The fourth-order valence-electron chi connectivity index (χ4n) is 3.50. The van der Waals surface area contributed by atoms with E-state index in [0.717, 1.165) is 19.4 Å². The minimum absolute atomic E-state index is 0.104. The molecular weight excluding hydrogens is 260 g/mol. The summed E-state index contributed by atoms with van der Waals surface area (Å²) in [5.74, 6) is -1.10. The van der Waals surface area contributed by atoms with Gasteiger partial charge in [-0.2, -0.15) is 0 Å². The lowest BCUT2D eigenvalue weighted by molar-refractivity contribution is 0.0642. The van der Waals surface area contributed by atoms with Crippen molar-refractivity contribution in [3.63, 3.8) is 0 Å². The maximum atomic E-state index is 12.5. The van der Waals surface area contributed by atoms with Crippen LogP contribution in [0.2, 0.25) is 0 Å². The summed E-state index contributed by atoms with van der Waals surface area (Å²) in [6.07, 6.45) is 6.92. The zero-order valence-corrected chi connectivity index (χ0v) is 11.2. The van der Waals surface area contributed by atoms with Crippen molar-refractivity contribution in [1.82, 2.24) is 10.1 Å². The number of hydrogen-bond acceptors (Lipinski definition) is 4. The standard InChI is InChI=1S/C14H18N2O4/c17-13(10-8-12(14(18)19)20-15-10)16-7-3-6-11(16)9-4-1-2-5-9/h8-9,11H,1-7H2,(H,18,19). The van der Waals surface area contributed by atoms with Crippen LogP contribution in [0.3, 0.4) is 0 Å². The Balaban J connectivity index is 1.76. The number of likely N-dealkylation sites (tertiary alicyclic amines) is 1.